The highest BCUT2D eigenvalue weighted by atomic mass is 32.2. The van der Waals surface area contributed by atoms with Gasteiger partial charge >= 0.3 is 0 Å². The first-order chi connectivity index (χ1) is 9.10. The average Bonchev–Trinajstić information content (AvgIpc) is 2.41. The molecule has 2 rings (SSSR count). The molecule has 0 bridgehead atoms. The molecule has 0 radical (unpaired) electrons. The largest absolute Gasteiger partial charge is 0.326 e. The van der Waals surface area contributed by atoms with Gasteiger partial charge in [-0.05, 0) is 41.7 Å². The zero-order chi connectivity index (χ0) is 13.8. The van der Waals surface area contributed by atoms with E-state index in [1.54, 1.807) is 11.8 Å². The van der Waals surface area contributed by atoms with Crippen LogP contribution in [0.3, 0.4) is 0 Å². The van der Waals surface area contributed by atoms with Crippen LogP contribution in [0.2, 0.25) is 0 Å². The summed E-state index contributed by atoms with van der Waals surface area (Å²) in [5.74, 6) is 0.572. The number of rotatable bonds is 4. The van der Waals surface area contributed by atoms with Crippen molar-refractivity contribution >= 4 is 11.8 Å². The van der Waals surface area contributed by atoms with Crippen LogP contribution in [-0.4, -0.2) is 4.98 Å². The molecule has 0 spiro atoms. The molecule has 0 aliphatic heterocycles. The number of hydrogen-bond donors (Lipinski definition) is 1. The monoisotopic (exact) mass is 272 g/mol. The van der Waals surface area contributed by atoms with Gasteiger partial charge in [0.05, 0.1) is 0 Å². The third kappa shape index (κ3) is 3.58. The van der Waals surface area contributed by atoms with Crippen LogP contribution in [0.25, 0.3) is 0 Å². The van der Waals surface area contributed by atoms with Gasteiger partial charge in [-0.25, -0.2) is 4.98 Å². The van der Waals surface area contributed by atoms with E-state index in [1.807, 2.05) is 6.20 Å². The maximum Gasteiger partial charge on any atom is 0.104 e. The van der Waals surface area contributed by atoms with Gasteiger partial charge in [-0.1, -0.05) is 43.8 Å². The van der Waals surface area contributed by atoms with Gasteiger partial charge in [0.1, 0.15) is 5.03 Å². The molecule has 0 atom stereocenters. The molecule has 0 unspecified atom stereocenters. The Kier molecular flexibility index (Phi) is 4.61. The van der Waals surface area contributed by atoms with Crippen molar-refractivity contribution in [2.45, 2.75) is 43.2 Å². The fourth-order valence-corrected chi connectivity index (χ4v) is 2.69. The molecule has 0 saturated heterocycles. The van der Waals surface area contributed by atoms with Crippen molar-refractivity contribution in [3.05, 3.63) is 53.2 Å². The fourth-order valence-electron chi connectivity index (χ4n) is 1.87. The molecule has 0 aliphatic rings. The first kappa shape index (κ1) is 14.1. The molecule has 1 aromatic heterocycles. The quantitative estimate of drug-likeness (QED) is 0.909. The molecule has 19 heavy (non-hydrogen) atoms. The van der Waals surface area contributed by atoms with E-state index in [2.05, 4.69) is 56.1 Å². The fraction of sp³-hybridized carbons (Fsp3) is 0.312. The Labute approximate surface area is 119 Å². The van der Waals surface area contributed by atoms with Gasteiger partial charge in [-0.3, -0.25) is 0 Å². The lowest BCUT2D eigenvalue weighted by atomic mass is 10.0. The van der Waals surface area contributed by atoms with Crippen molar-refractivity contribution in [2.24, 2.45) is 5.73 Å². The van der Waals surface area contributed by atoms with E-state index in [4.69, 9.17) is 5.73 Å². The normalized spacial score (nSPS) is 11.0. The zero-order valence-electron chi connectivity index (χ0n) is 11.7. The summed E-state index contributed by atoms with van der Waals surface area (Å²) in [5, 5.41) is 1.05. The van der Waals surface area contributed by atoms with Gasteiger partial charge in [0, 0.05) is 17.6 Å². The third-order valence-corrected chi connectivity index (χ3v) is 4.21. The predicted octanol–water partition coefficient (Wildman–Crippen LogP) is 4.12. The van der Waals surface area contributed by atoms with Gasteiger partial charge in [0.25, 0.3) is 0 Å². The highest BCUT2D eigenvalue weighted by Gasteiger charge is 2.05. The Bertz CT molecular complexity index is 547. The minimum atomic E-state index is 0.544. The summed E-state index contributed by atoms with van der Waals surface area (Å²) in [6, 6.07) is 10.8. The van der Waals surface area contributed by atoms with Crippen LogP contribution in [0, 0.1) is 6.92 Å². The number of benzene rings is 1. The van der Waals surface area contributed by atoms with E-state index in [-0.39, 0.29) is 0 Å². The molecular formula is C16H20N2S. The van der Waals surface area contributed by atoms with Gasteiger partial charge < -0.3 is 5.73 Å². The van der Waals surface area contributed by atoms with Gasteiger partial charge in [-0.2, -0.15) is 0 Å². The van der Waals surface area contributed by atoms with Crippen LogP contribution in [0.5, 0.6) is 0 Å². The van der Waals surface area contributed by atoms with Crippen LogP contribution < -0.4 is 5.73 Å². The third-order valence-electron chi connectivity index (χ3n) is 3.08. The zero-order valence-corrected chi connectivity index (χ0v) is 12.5. The Morgan fingerprint density at radius 1 is 1.21 bits per heavy atom. The van der Waals surface area contributed by atoms with Gasteiger partial charge in [0.15, 0.2) is 0 Å². The van der Waals surface area contributed by atoms with Gasteiger partial charge in [-0.15, -0.1) is 0 Å². The standard InChI is InChI=1S/C16H20N2S/c1-11(2)14-4-6-15(7-5-14)19-16-12(3)8-13(9-17)10-18-16/h4-8,10-11H,9,17H2,1-3H3. The molecule has 2 aromatic rings. The SMILES string of the molecule is Cc1cc(CN)cnc1Sc1ccc(C(C)C)cc1. The second-order valence-corrected chi connectivity index (χ2v) is 6.06. The summed E-state index contributed by atoms with van der Waals surface area (Å²) < 4.78 is 0. The Hall–Kier alpha value is -1.32. The van der Waals surface area contributed by atoms with E-state index >= 15 is 0 Å². The summed E-state index contributed by atoms with van der Waals surface area (Å²) in [6.45, 7) is 7.04. The van der Waals surface area contributed by atoms with Gasteiger partial charge in [0.2, 0.25) is 0 Å². The van der Waals surface area contributed by atoms with Crippen molar-refractivity contribution in [1.82, 2.24) is 4.98 Å². The van der Waals surface area contributed by atoms with E-state index in [0.717, 1.165) is 10.6 Å². The van der Waals surface area contributed by atoms with Crippen molar-refractivity contribution in [1.29, 1.82) is 0 Å². The van der Waals surface area contributed by atoms with E-state index < -0.39 is 0 Å². The molecule has 1 heterocycles. The second-order valence-electron chi connectivity index (χ2n) is 5.00. The minimum absolute atomic E-state index is 0.544. The van der Waals surface area contributed by atoms with Crippen LogP contribution in [0.15, 0.2) is 46.5 Å². The number of pyridine rings is 1. The molecule has 0 saturated carbocycles. The van der Waals surface area contributed by atoms with Crippen LogP contribution in [0.1, 0.15) is 36.5 Å². The van der Waals surface area contributed by atoms with E-state index in [1.165, 1.54) is 16.0 Å². The lowest BCUT2D eigenvalue weighted by Crippen LogP contribution is -1.98. The molecule has 100 valence electrons. The number of hydrogen-bond acceptors (Lipinski definition) is 3. The maximum absolute atomic E-state index is 5.62. The first-order valence-corrected chi connectivity index (χ1v) is 7.35. The Morgan fingerprint density at radius 2 is 1.89 bits per heavy atom. The highest BCUT2D eigenvalue weighted by Crippen LogP contribution is 2.29. The molecule has 1 aromatic carbocycles. The van der Waals surface area contributed by atoms with Crippen molar-refractivity contribution in [2.75, 3.05) is 0 Å². The highest BCUT2D eigenvalue weighted by molar-refractivity contribution is 7.99. The minimum Gasteiger partial charge on any atom is -0.326 e. The Morgan fingerprint density at radius 3 is 2.42 bits per heavy atom. The second kappa shape index (κ2) is 6.22. The summed E-state index contributed by atoms with van der Waals surface area (Å²) in [7, 11) is 0. The van der Waals surface area contributed by atoms with E-state index in [0.29, 0.717) is 12.5 Å². The number of nitrogens with zero attached hydrogens (tertiary/aromatic N) is 1. The number of aryl methyl sites for hydroxylation is 1. The summed E-state index contributed by atoms with van der Waals surface area (Å²) in [5.41, 5.74) is 9.25. The molecule has 0 amide bonds. The first-order valence-electron chi connectivity index (χ1n) is 6.53. The summed E-state index contributed by atoms with van der Waals surface area (Å²) in [6.07, 6.45) is 1.86. The van der Waals surface area contributed by atoms with Crippen LogP contribution in [0.4, 0.5) is 0 Å². The average molecular weight is 272 g/mol. The lowest BCUT2D eigenvalue weighted by Gasteiger charge is -2.08. The lowest BCUT2D eigenvalue weighted by molar-refractivity contribution is 0.865. The van der Waals surface area contributed by atoms with Crippen molar-refractivity contribution in [3.63, 3.8) is 0 Å². The van der Waals surface area contributed by atoms with Crippen LogP contribution >= 0.6 is 11.8 Å². The predicted molar refractivity (Wildman–Crippen MR) is 81.5 cm³/mol. The molecule has 2 nitrogen and oxygen atoms in total. The Balaban J connectivity index is 2.16. The van der Waals surface area contributed by atoms with Crippen molar-refractivity contribution in [3.8, 4) is 0 Å². The van der Waals surface area contributed by atoms with E-state index in [9.17, 15) is 0 Å². The molecule has 0 fully saturated rings. The number of nitrogens with two attached hydrogens (primary N) is 1. The van der Waals surface area contributed by atoms with Crippen LogP contribution in [-0.2, 0) is 6.54 Å². The number of aromatic nitrogens is 1. The maximum atomic E-state index is 5.62. The summed E-state index contributed by atoms with van der Waals surface area (Å²) in [4.78, 5) is 5.71. The smallest absolute Gasteiger partial charge is 0.104 e. The molecule has 3 heteroatoms. The topological polar surface area (TPSA) is 38.9 Å². The summed E-state index contributed by atoms with van der Waals surface area (Å²) >= 11 is 1.70. The molecule has 2 N–H and O–H groups in total. The molecule has 0 aliphatic carbocycles. The molecular weight excluding hydrogens is 252 g/mol. The van der Waals surface area contributed by atoms with Crippen molar-refractivity contribution < 1.29 is 0 Å².